The quantitative estimate of drug-likeness (QED) is 0.616. The summed E-state index contributed by atoms with van der Waals surface area (Å²) in [5.41, 5.74) is 7.29. The average molecular weight is 281 g/mol. The van der Waals surface area contributed by atoms with Gasteiger partial charge in [0.25, 0.3) is 0 Å². The third kappa shape index (κ3) is 2.98. The highest BCUT2D eigenvalue weighted by Crippen LogP contribution is 2.21. The first-order valence-corrected chi connectivity index (χ1v) is 7.55. The van der Waals surface area contributed by atoms with E-state index in [1.165, 1.54) is 11.8 Å². The molecule has 104 valence electrons. The number of hydrogen-bond acceptors (Lipinski definition) is 6. The Morgan fingerprint density at radius 3 is 2.89 bits per heavy atom. The molecule has 2 heterocycles. The average Bonchev–Trinajstić information content (AvgIpc) is 2.83. The Kier molecular flexibility index (Phi) is 4.60. The smallest absolute Gasteiger partial charge is 0.191 e. The summed E-state index contributed by atoms with van der Waals surface area (Å²) in [6.45, 7) is 3.08. The van der Waals surface area contributed by atoms with Crippen molar-refractivity contribution in [2.75, 3.05) is 18.6 Å². The predicted octanol–water partition coefficient (Wildman–Crippen LogP) is 1.54. The molecule has 0 spiro atoms. The molecule has 0 fully saturated rings. The number of aliphatic hydroxyl groups is 1. The second-order valence-electron chi connectivity index (χ2n) is 4.45. The van der Waals surface area contributed by atoms with Crippen molar-refractivity contribution in [2.24, 2.45) is 5.92 Å². The minimum Gasteiger partial charge on any atom is -0.396 e. The molecule has 19 heavy (non-hydrogen) atoms. The van der Waals surface area contributed by atoms with Gasteiger partial charge in [-0.1, -0.05) is 25.1 Å². The summed E-state index contributed by atoms with van der Waals surface area (Å²) >= 11 is 1.46. The van der Waals surface area contributed by atoms with Crippen LogP contribution in [0.2, 0.25) is 0 Å². The molecule has 0 aromatic carbocycles. The van der Waals surface area contributed by atoms with Gasteiger partial charge in [0.2, 0.25) is 0 Å². The molecule has 0 unspecified atom stereocenters. The van der Waals surface area contributed by atoms with Gasteiger partial charge in [0.15, 0.2) is 16.6 Å². The van der Waals surface area contributed by atoms with Crippen LogP contribution < -0.4 is 5.73 Å². The van der Waals surface area contributed by atoms with Crippen molar-refractivity contribution in [3.05, 3.63) is 6.33 Å². The van der Waals surface area contributed by atoms with E-state index in [-0.39, 0.29) is 6.61 Å². The fraction of sp³-hybridized carbons (Fsp3) is 0.583. The number of rotatable bonds is 6. The molecule has 0 saturated carbocycles. The third-order valence-electron chi connectivity index (χ3n) is 3.27. The number of nitrogens with two attached hydrogens (primary N) is 1. The van der Waals surface area contributed by atoms with E-state index in [0.717, 1.165) is 25.0 Å². The number of imidazole rings is 1. The van der Waals surface area contributed by atoms with Gasteiger partial charge in [0.1, 0.15) is 5.52 Å². The molecule has 0 aliphatic heterocycles. The second kappa shape index (κ2) is 6.21. The molecule has 2 aromatic rings. The lowest BCUT2D eigenvalue weighted by molar-refractivity contribution is 0.210. The number of aryl methyl sites for hydroxylation is 1. The van der Waals surface area contributed by atoms with Gasteiger partial charge in [0.05, 0.1) is 6.33 Å². The number of aliphatic hydroxyl groups excluding tert-OH is 1. The van der Waals surface area contributed by atoms with Crippen molar-refractivity contribution < 1.29 is 5.11 Å². The molecule has 2 rings (SSSR count). The van der Waals surface area contributed by atoms with Crippen LogP contribution in [0.25, 0.3) is 11.2 Å². The Bertz CT molecular complexity index is 552. The second-order valence-corrected chi connectivity index (χ2v) is 5.22. The van der Waals surface area contributed by atoms with Crippen LogP contribution in [0.3, 0.4) is 0 Å². The first kappa shape index (κ1) is 14.1. The van der Waals surface area contributed by atoms with E-state index in [4.69, 9.17) is 5.73 Å². The number of nitrogen functional groups attached to an aromatic ring is 1. The van der Waals surface area contributed by atoms with Gasteiger partial charge in [-0.2, -0.15) is 0 Å². The monoisotopic (exact) mass is 281 g/mol. The van der Waals surface area contributed by atoms with Gasteiger partial charge in [-0.15, -0.1) is 0 Å². The molecule has 2 aromatic heterocycles. The maximum atomic E-state index is 9.22. The zero-order chi connectivity index (χ0) is 13.8. The van der Waals surface area contributed by atoms with Crippen molar-refractivity contribution in [1.29, 1.82) is 0 Å². The topological polar surface area (TPSA) is 89.8 Å². The van der Waals surface area contributed by atoms with Gasteiger partial charge in [0, 0.05) is 13.2 Å². The summed E-state index contributed by atoms with van der Waals surface area (Å²) in [4.78, 5) is 12.9. The normalized spacial score (nSPS) is 13.0. The van der Waals surface area contributed by atoms with Crippen LogP contribution in [0.4, 0.5) is 5.82 Å². The van der Waals surface area contributed by atoms with Gasteiger partial charge >= 0.3 is 0 Å². The highest BCUT2D eigenvalue weighted by Gasteiger charge is 2.12. The van der Waals surface area contributed by atoms with Crippen molar-refractivity contribution in [1.82, 2.24) is 19.5 Å². The van der Waals surface area contributed by atoms with Crippen molar-refractivity contribution in [3.8, 4) is 0 Å². The van der Waals surface area contributed by atoms with E-state index in [0.29, 0.717) is 22.4 Å². The summed E-state index contributed by atoms with van der Waals surface area (Å²) in [5, 5.41) is 9.87. The van der Waals surface area contributed by atoms with Crippen LogP contribution in [-0.4, -0.2) is 37.5 Å². The number of anilines is 1. The number of aromatic nitrogens is 4. The molecule has 7 heteroatoms. The molecule has 6 nitrogen and oxygen atoms in total. The Labute approximate surface area is 116 Å². The lowest BCUT2D eigenvalue weighted by Crippen LogP contribution is -2.09. The van der Waals surface area contributed by atoms with Crippen LogP contribution in [-0.2, 0) is 6.54 Å². The fourth-order valence-corrected chi connectivity index (χ4v) is 2.31. The standard InChI is InChI=1S/C12H19N5OS/c1-3-8(6-18)4-5-17-7-14-9-10(13)15-12(19-2)16-11(9)17/h7-8,18H,3-6H2,1-2H3,(H2,13,15,16)/t8-/m0/s1. The Morgan fingerprint density at radius 1 is 1.47 bits per heavy atom. The minimum atomic E-state index is 0.219. The molecule has 0 saturated heterocycles. The third-order valence-corrected chi connectivity index (χ3v) is 3.81. The fourth-order valence-electron chi connectivity index (χ4n) is 1.95. The highest BCUT2D eigenvalue weighted by atomic mass is 32.2. The van der Waals surface area contributed by atoms with Gasteiger partial charge < -0.3 is 15.4 Å². The molecule has 1 atom stereocenters. The van der Waals surface area contributed by atoms with Crippen LogP contribution in [0.15, 0.2) is 11.5 Å². The largest absolute Gasteiger partial charge is 0.396 e. The Morgan fingerprint density at radius 2 is 2.26 bits per heavy atom. The van der Waals surface area contributed by atoms with E-state index in [9.17, 15) is 5.11 Å². The maximum absolute atomic E-state index is 9.22. The summed E-state index contributed by atoms with van der Waals surface area (Å²) in [6.07, 6.45) is 5.53. The molecule has 0 amide bonds. The lowest BCUT2D eigenvalue weighted by atomic mass is 10.0. The number of fused-ring (bicyclic) bond motifs is 1. The van der Waals surface area contributed by atoms with Crippen molar-refractivity contribution in [2.45, 2.75) is 31.5 Å². The van der Waals surface area contributed by atoms with Gasteiger partial charge in [-0.25, -0.2) is 15.0 Å². The number of hydrogen-bond donors (Lipinski definition) is 2. The first-order chi connectivity index (χ1) is 9.19. The van der Waals surface area contributed by atoms with E-state index >= 15 is 0 Å². The zero-order valence-electron chi connectivity index (χ0n) is 11.2. The summed E-state index contributed by atoms with van der Waals surface area (Å²) in [6, 6.07) is 0. The number of nitrogens with zero attached hydrogens (tertiary/aromatic N) is 4. The highest BCUT2D eigenvalue weighted by molar-refractivity contribution is 7.98. The number of thioether (sulfide) groups is 1. The minimum absolute atomic E-state index is 0.219. The molecule has 0 aliphatic rings. The lowest BCUT2D eigenvalue weighted by Gasteiger charge is -2.11. The van der Waals surface area contributed by atoms with Crippen molar-refractivity contribution >= 4 is 28.7 Å². The van der Waals surface area contributed by atoms with Crippen LogP contribution in [0.1, 0.15) is 19.8 Å². The molecule has 0 bridgehead atoms. The van der Waals surface area contributed by atoms with Crippen LogP contribution in [0, 0.1) is 5.92 Å². The maximum Gasteiger partial charge on any atom is 0.191 e. The van der Waals surface area contributed by atoms with E-state index < -0.39 is 0 Å². The SMILES string of the molecule is CC[C@H](CO)CCn1cnc2c(N)nc(SC)nc21. The molecule has 0 aliphatic carbocycles. The summed E-state index contributed by atoms with van der Waals surface area (Å²) in [5.74, 6) is 0.735. The van der Waals surface area contributed by atoms with Crippen LogP contribution in [0.5, 0.6) is 0 Å². The van der Waals surface area contributed by atoms with E-state index in [2.05, 4.69) is 21.9 Å². The summed E-state index contributed by atoms with van der Waals surface area (Å²) < 4.78 is 1.98. The van der Waals surface area contributed by atoms with E-state index in [1.54, 1.807) is 6.33 Å². The van der Waals surface area contributed by atoms with Crippen LogP contribution >= 0.6 is 11.8 Å². The molecule has 3 N–H and O–H groups in total. The Balaban J connectivity index is 2.26. The molecular weight excluding hydrogens is 262 g/mol. The zero-order valence-corrected chi connectivity index (χ0v) is 12.0. The van der Waals surface area contributed by atoms with Crippen molar-refractivity contribution in [3.63, 3.8) is 0 Å². The van der Waals surface area contributed by atoms with E-state index in [1.807, 2.05) is 10.8 Å². The Hall–Kier alpha value is -1.34. The van der Waals surface area contributed by atoms with Gasteiger partial charge in [-0.05, 0) is 18.6 Å². The molecule has 0 radical (unpaired) electrons. The first-order valence-electron chi connectivity index (χ1n) is 6.32. The molecular formula is C12H19N5OS. The predicted molar refractivity (Wildman–Crippen MR) is 77.0 cm³/mol. The summed E-state index contributed by atoms with van der Waals surface area (Å²) in [7, 11) is 0. The van der Waals surface area contributed by atoms with Gasteiger partial charge in [-0.3, -0.25) is 0 Å².